The molecule has 0 bridgehead atoms. The van der Waals surface area contributed by atoms with Gasteiger partial charge in [-0.25, -0.2) is 0 Å². The van der Waals surface area contributed by atoms with Crippen molar-refractivity contribution in [2.75, 3.05) is 25.0 Å². The molecule has 0 saturated heterocycles. The number of halogens is 1. The predicted octanol–water partition coefficient (Wildman–Crippen LogP) is 3.84. The molecule has 1 aromatic carbocycles. The zero-order valence-electron chi connectivity index (χ0n) is 11.7. The van der Waals surface area contributed by atoms with E-state index in [0.717, 1.165) is 26.1 Å². The van der Waals surface area contributed by atoms with Gasteiger partial charge in [-0.2, -0.15) is 0 Å². The van der Waals surface area contributed by atoms with Gasteiger partial charge in [-0.15, -0.1) is 11.3 Å². The van der Waals surface area contributed by atoms with E-state index in [-0.39, 0.29) is 0 Å². The molecule has 0 aliphatic carbocycles. The molecule has 1 aliphatic heterocycles. The van der Waals surface area contributed by atoms with Crippen LogP contribution >= 0.6 is 27.3 Å². The minimum atomic E-state index is 0.962. The van der Waals surface area contributed by atoms with Gasteiger partial charge in [-0.3, -0.25) is 0 Å². The lowest BCUT2D eigenvalue weighted by Gasteiger charge is -2.12. The van der Waals surface area contributed by atoms with E-state index in [1.165, 1.54) is 31.9 Å². The lowest BCUT2D eigenvalue weighted by Crippen LogP contribution is -2.16. The van der Waals surface area contributed by atoms with Crippen LogP contribution in [0, 0.1) is 0 Å². The van der Waals surface area contributed by atoms with Crippen LogP contribution in [0.1, 0.15) is 16.0 Å². The van der Waals surface area contributed by atoms with Crippen LogP contribution in [-0.4, -0.2) is 20.1 Å². The molecule has 0 amide bonds. The molecule has 0 fully saturated rings. The third kappa shape index (κ3) is 3.25. The molecule has 2 nitrogen and oxygen atoms in total. The summed E-state index contributed by atoms with van der Waals surface area (Å²) < 4.78 is 1.22. The SMILES string of the molecule is CN1CCc2cc(CNCCc3ccc(Br)s3)ccc21. The first kappa shape index (κ1) is 14.1. The standard InChI is InChI=1S/C16H19BrN2S/c1-19-9-7-13-10-12(2-4-15(13)19)11-18-8-6-14-3-5-16(17)20-14/h2-5,10,18H,6-9,11H2,1H3. The maximum atomic E-state index is 3.54. The number of rotatable bonds is 5. The van der Waals surface area contributed by atoms with Crippen LogP contribution in [0.25, 0.3) is 0 Å². The zero-order chi connectivity index (χ0) is 13.9. The summed E-state index contributed by atoms with van der Waals surface area (Å²) in [4.78, 5) is 3.77. The Bertz CT molecular complexity index is 594. The number of anilines is 1. The summed E-state index contributed by atoms with van der Waals surface area (Å²) in [7, 11) is 2.17. The van der Waals surface area contributed by atoms with E-state index in [4.69, 9.17) is 0 Å². The highest BCUT2D eigenvalue weighted by atomic mass is 79.9. The molecule has 0 saturated carbocycles. The van der Waals surface area contributed by atoms with Crippen molar-refractivity contribution in [1.29, 1.82) is 0 Å². The second-order valence-electron chi connectivity index (χ2n) is 5.27. The van der Waals surface area contributed by atoms with E-state index in [1.807, 2.05) is 11.3 Å². The molecular formula is C16H19BrN2S. The molecule has 2 aromatic rings. The van der Waals surface area contributed by atoms with E-state index < -0.39 is 0 Å². The predicted molar refractivity (Wildman–Crippen MR) is 90.8 cm³/mol. The van der Waals surface area contributed by atoms with Crippen molar-refractivity contribution >= 4 is 33.0 Å². The summed E-state index contributed by atoms with van der Waals surface area (Å²) in [6, 6.07) is 11.2. The van der Waals surface area contributed by atoms with Crippen LogP contribution in [-0.2, 0) is 19.4 Å². The molecule has 1 aliphatic rings. The van der Waals surface area contributed by atoms with Gasteiger partial charge in [-0.05, 0) is 58.1 Å². The fourth-order valence-electron chi connectivity index (χ4n) is 2.66. The van der Waals surface area contributed by atoms with Gasteiger partial charge >= 0.3 is 0 Å². The van der Waals surface area contributed by atoms with Gasteiger partial charge in [0.25, 0.3) is 0 Å². The summed E-state index contributed by atoms with van der Waals surface area (Å²) >= 11 is 5.33. The third-order valence-corrected chi connectivity index (χ3v) is 5.46. The number of hydrogen-bond acceptors (Lipinski definition) is 3. The minimum Gasteiger partial charge on any atom is -0.374 e. The maximum Gasteiger partial charge on any atom is 0.0701 e. The van der Waals surface area contributed by atoms with E-state index in [1.54, 1.807) is 0 Å². The number of fused-ring (bicyclic) bond motifs is 1. The van der Waals surface area contributed by atoms with Crippen LogP contribution in [0.2, 0.25) is 0 Å². The Labute approximate surface area is 132 Å². The second kappa shape index (κ2) is 6.29. The average molecular weight is 351 g/mol. The first-order chi connectivity index (χ1) is 9.72. The molecule has 0 radical (unpaired) electrons. The van der Waals surface area contributed by atoms with E-state index in [2.05, 4.69) is 63.5 Å². The van der Waals surface area contributed by atoms with Crippen molar-refractivity contribution in [3.05, 3.63) is 50.1 Å². The Hall–Kier alpha value is -0.840. The van der Waals surface area contributed by atoms with E-state index in [9.17, 15) is 0 Å². The molecule has 1 aromatic heterocycles. The van der Waals surface area contributed by atoms with E-state index in [0.29, 0.717) is 0 Å². The van der Waals surface area contributed by atoms with Crippen molar-refractivity contribution in [3.8, 4) is 0 Å². The molecule has 2 heterocycles. The van der Waals surface area contributed by atoms with Gasteiger partial charge in [0.05, 0.1) is 3.79 Å². The summed E-state index contributed by atoms with van der Waals surface area (Å²) in [5.41, 5.74) is 4.29. The number of likely N-dealkylation sites (N-methyl/N-ethyl adjacent to an activating group) is 1. The zero-order valence-corrected chi connectivity index (χ0v) is 14.1. The Morgan fingerprint density at radius 3 is 3.00 bits per heavy atom. The first-order valence-corrected chi connectivity index (χ1v) is 8.61. The monoisotopic (exact) mass is 350 g/mol. The van der Waals surface area contributed by atoms with Crippen molar-refractivity contribution in [2.45, 2.75) is 19.4 Å². The molecule has 0 atom stereocenters. The first-order valence-electron chi connectivity index (χ1n) is 7.00. The van der Waals surface area contributed by atoms with Crippen LogP contribution in [0.4, 0.5) is 5.69 Å². The normalized spacial score (nSPS) is 13.8. The van der Waals surface area contributed by atoms with Crippen molar-refractivity contribution in [1.82, 2.24) is 5.32 Å². The van der Waals surface area contributed by atoms with Gasteiger partial charge in [0.2, 0.25) is 0 Å². The molecule has 3 rings (SSSR count). The molecule has 0 spiro atoms. The average Bonchev–Trinajstić information content (AvgIpc) is 3.02. The topological polar surface area (TPSA) is 15.3 Å². The van der Waals surface area contributed by atoms with Crippen molar-refractivity contribution in [2.24, 2.45) is 0 Å². The van der Waals surface area contributed by atoms with Gasteiger partial charge in [-0.1, -0.05) is 12.1 Å². The fourth-order valence-corrected chi connectivity index (χ4v) is 4.14. The largest absolute Gasteiger partial charge is 0.374 e. The van der Waals surface area contributed by atoms with Gasteiger partial charge in [0, 0.05) is 37.2 Å². The minimum absolute atomic E-state index is 0.962. The molecule has 0 unspecified atom stereocenters. The lowest BCUT2D eigenvalue weighted by atomic mass is 10.1. The Balaban J connectivity index is 1.49. The summed E-state index contributed by atoms with van der Waals surface area (Å²) in [5, 5.41) is 3.54. The summed E-state index contributed by atoms with van der Waals surface area (Å²) in [6.45, 7) is 3.15. The van der Waals surface area contributed by atoms with Crippen molar-refractivity contribution in [3.63, 3.8) is 0 Å². The van der Waals surface area contributed by atoms with Crippen LogP contribution < -0.4 is 10.2 Å². The lowest BCUT2D eigenvalue weighted by molar-refractivity contribution is 0.690. The van der Waals surface area contributed by atoms with E-state index >= 15 is 0 Å². The summed E-state index contributed by atoms with van der Waals surface area (Å²) in [5.74, 6) is 0. The van der Waals surface area contributed by atoms with Crippen molar-refractivity contribution < 1.29 is 0 Å². The highest BCUT2D eigenvalue weighted by Gasteiger charge is 2.15. The third-order valence-electron chi connectivity index (χ3n) is 3.78. The molecule has 1 N–H and O–H groups in total. The Morgan fingerprint density at radius 1 is 1.30 bits per heavy atom. The number of benzene rings is 1. The number of nitrogens with zero attached hydrogens (tertiary/aromatic N) is 1. The van der Waals surface area contributed by atoms with Gasteiger partial charge < -0.3 is 10.2 Å². The Kier molecular flexibility index (Phi) is 4.44. The molecule has 4 heteroatoms. The number of nitrogens with one attached hydrogen (secondary N) is 1. The maximum absolute atomic E-state index is 3.54. The molecule has 20 heavy (non-hydrogen) atoms. The highest BCUT2D eigenvalue weighted by molar-refractivity contribution is 9.11. The molecule has 106 valence electrons. The Morgan fingerprint density at radius 2 is 2.20 bits per heavy atom. The smallest absolute Gasteiger partial charge is 0.0701 e. The van der Waals surface area contributed by atoms with Crippen LogP contribution in [0.5, 0.6) is 0 Å². The van der Waals surface area contributed by atoms with Crippen LogP contribution in [0.15, 0.2) is 34.1 Å². The second-order valence-corrected chi connectivity index (χ2v) is 7.81. The molecular weight excluding hydrogens is 332 g/mol. The quantitative estimate of drug-likeness (QED) is 0.824. The number of hydrogen-bond donors (Lipinski definition) is 1. The van der Waals surface area contributed by atoms with Gasteiger partial charge in [0.1, 0.15) is 0 Å². The van der Waals surface area contributed by atoms with Crippen LogP contribution in [0.3, 0.4) is 0 Å². The number of thiophene rings is 1. The summed E-state index contributed by atoms with van der Waals surface area (Å²) in [6.07, 6.45) is 2.28. The fraction of sp³-hybridized carbons (Fsp3) is 0.375. The van der Waals surface area contributed by atoms with Gasteiger partial charge in [0.15, 0.2) is 0 Å². The highest BCUT2D eigenvalue weighted by Crippen LogP contribution is 2.27.